The fraction of sp³-hybridized carbons (Fsp3) is 0.346. The molecule has 1 heterocycles. The number of nitrogens with one attached hydrogen (secondary N) is 1. The Morgan fingerprint density at radius 3 is 2.59 bits per heavy atom. The van der Waals surface area contributed by atoms with Crippen LogP contribution in [0.1, 0.15) is 59.1 Å². The van der Waals surface area contributed by atoms with E-state index >= 15 is 0 Å². The first-order valence-corrected chi connectivity index (χ1v) is 10.7. The van der Waals surface area contributed by atoms with Gasteiger partial charge in [-0.2, -0.15) is 0 Å². The second kappa shape index (κ2) is 8.28. The minimum atomic E-state index is -0.0144. The van der Waals surface area contributed by atoms with Gasteiger partial charge < -0.3 is 9.88 Å². The Kier molecular flexibility index (Phi) is 5.57. The fourth-order valence-electron chi connectivity index (χ4n) is 4.43. The Balaban J connectivity index is 1.45. The van der Waals surface area contributed by atoms with Crippen molar-refractivity contribution in [3.05, 3.63) is 88.7 Å². The second-order valence-corrected chi connectivity index (χ2v) is 8.51. The van der Waals surface area contributed by atoms with Crippen molar-refractivity contribution in [3.63, 3.8) is 0 Å². The molecule has 1 N–H and O–H groups in total. The molecule has 0 aliphatic heterocycles. The molecule has 1 aromatic heterocycles. The lowest BCUT2D eigenvalue weighted by Gasteiger charge is -2.21. The largest absolute Gasteiger partial charge is 0.351 e. The van der Waals surface area contributed by atoms with Crippen LogP contribution in [0.25, 0.3) is 5.69 Å². The normalized spacial score (nSPS) is 16.9. The summed E-state index contributed by atoms with van der Waals surface area (Å²) in [5.74, 6) is 1.04. The Hall–Kier alpha value is -2.81. The molecule has 3 heteroatoms. The van der Waals surface area contributed by atoms with Gasteiger partial charge in [-0.3, -0.25) is 4.79 Å². The van der Waals surface area contributed by atoms with E-state index in [2.05, 4.69) is 61.0 Å². The number of amides is 1. The van der Waals surface area contributed by atoms with Crippen LogP contribution in [0.4, 0.5) is 0 Å². The molecule has 1 aliphatic carbocycles. The third-order valence-corrected chi connectivity index (χ3v) is 6.14. The van der Waals surface area contributed by atoms with Crippen LogP contribution in [0, 0.1) is 12.8 Å². The quantitative estimate of drug-likeness (QED) is 0.622. The number of benzene rings is 2. The van der Waals surface area contributed by atoms with Crippen molar-refractivity contribution < 1.29 is 4.79 Å². The minimum Gasteiger partial charge on any atom is -0.351 e. The van der Waals surface area contributed by atoms with Crippen LogP contribution in [0.2, 0.25) is 0 Å². The number of aromatic nitrogens is 1. The molecule has 4 rings (SSSR count). The molecule has 0 unspecified atom stereocenters. The number of carbonyl (C=O) groups is 1. The third kappa shape index (κ3) is 4.14. The first-order valence-electron chi connectivity index (χ1n) is 10.7. The minimum absolute atomic E-state index is 0.0144. The van der Waals surface area contributed by atoms with Crippen LogP contribution in [0.5, 0.6) is 0 Å². The summed E-state index contributed by atoms with van der Waals surface area (Å²) in [7, 11) is 0. The van der Waals surface area contributed by atoms with E-state index in [0.29, 0.717) is 12.1 Å². The van der Waals surface area contributed by atoms with E-state index in [-0.39, 0.29) is 11.8 Å². The van der Waals surface area contributed by atoms with Gasteiger partial charge in [-0.25, -0.2) is 0 Å². The van der Waals surface area contributed by atoms with Gasteiger partial charge in [0.1, 0.15) is 0 Å². The molecule has 2 aromatic carbocycles. The highest BCUT2D eigenvalue weighted by Crippen LogP contribution is 2.30. The molecule has 3 nitrogen and oxygen atoms in total. The molecule has 0 radical (unpaired) electrons. The van der Waals surface area contributed by atoms with Gasteiger partial charge in [-0.05, 0) is 79.5 Å². The van der Waals surface area contributed by atoms with Crippen molar-refractivity contribution in [2.45, 2.75) is 46.0 Å². The van der Waals surface area contributed by atoms with Crippen LogP contribution >= 0.6 is 0 Å². The van der Waals surface area contributed by atoms with Crippen molar-refractivity contribution in [2.75, 3.05) is 6.54 Å². The van der Waals surface area contributed by atoms with Crippen LogP contribution in [-0.2, 0) is 12.8 Å². The number of hydrogen-bond donors (Lipinski definition) is 1. The summed E-state index contributed by atoms with van der Waals surface area (Å²) < 4.78 is 2.36. The van der Waals surface area contributed by atoms with E-state index in [1.54, 1.807) is 0 Å². The zero-order chi connectivity index (χ0) is 20.4. The van der Waals surface area contributed by atoms with Gasteiger partial charge in [0.25, 0.3) is 5.91 Å². The van der Waals surface area contributed by atoms with Gasteiger partial charge in [0, 0.05) is 29.2 Å². The van der Waals surface area contributed by atoms with Crippen LogP contribution < -0.4 is 5.32 Å². The first kappa shape index (κ1) is 19.5. The summed E-state index contributed by atoms with van der Waals surface area (Å²) in [5, 5.41) is 3.07. The summed E-state index contributed by atoms with van der Waals surface area (Å²) in [5.41, 5.74) is 7.30. The highest BCUT2D eigenvalue weighted by molar-refractivity contribution is 5.94. The molecule has 0 fully saturated rings. The summed E-state index contributed by atoms with van der Waals surface area (Å²) >= 11 is 0. The Bertz CT molecular complexity index is 986. The topological polar surface area (TPSA) is 34.0 Å². The molecule has 150 valence electrons. The van der Waals surface area contributed by atoms with Gasteiger partial charge in [0.05, 0.1) is 0 Å². The fourth-order valence-corrected chi connectivity index (χ4v) is 4.43. The lowest BCUT2D eigenvalue weighted by molar-refractivity contribution is 0.0951. The predicted molar refractivity (Wildman–Crippen MR) is 119 cm³/mol. The highest BCUT2D eigenvalue weighted by atomic mass is 16.1. The summed E-state index contributed by atoms with van der Waals surface area (Å²) in [4.78, 5) is 12.6. The van der Waals surface area contributed by atoms with E-state index in [4.69, 9.17) is 0 Å². The average molecular weight is 387 g/mol. The number of rotatable bonds is 5. The first-order chi connectivity index (χ1) is 14.0. The Labute approximate surface area is 173 Å². The zero-order valence-corrected chi connectivity index (χ0v) is 17.6. The smallest absolute Gasteiger partial charge is 0.251 e. The molecule has 2 atom stereocenters. The summed E-state index contributed by atoms with van der Waals surface area (Å²) in [6.45, 7) is 7.28. The van der Waals surface area contributed by atoms with E-state index < -0.39 is 0 Å². The molecule has 0 bridgehead atoms. The SMILES string of the molecule is Cc1cc2c(n1-c1ccc(C(=O)NC[C@H](C)c3ccccc3)cc1)CC[C@@H](C)C2. The van der Waals surface area contributed by atoms with E-state index in [0.717, 1.165) is 18.0 Å². The van der Waals surface area contributed by atoms with Crippen molar-refractivity contribution in [1.82, 2.24) is 9.88 Å². The molecule has 0 saturated heterocycles. The molecular weight excluding hydrogens is 356 g/mol. The summed E-state index contributed by atoms with van der Waals surface area (Å²) in [6, 6.07) is 20.6. The van der Waals surface area contributed by atoms with E-state index in [1.807, 2.05) is 30.3 Å². The van der Waals surface area contributed by atoms with Gasteiger partial charge in [-0.1, -0.05) is 44.2 Å². The van der Waals surface area contributed by atoms with Crippen LogP contribution in [0.3, 0.4) is 0 Å². The maximum absolute atomic E-state index is 12.6. The average Bonchev–Trinajstić information content (AvgIpc) is 3.07. The van der Waals surface area contributed by atoms with Crippen molar-refractivity contribution in [2.24, 2.45) is 5.92 Å². The lowest BCUT2D eigenvalue weighted by atomic mass is 9.89. The molecular formula is C26H30N2O. The molecule has 3 aromatic rings. The highest BCUT2D eigenvalue weighted by Gasteiger charge is 2.21. The number of hydrogen-bond acceptors (Lipinski definition) is 1. The number of aryl methyl sites for hydroxylation is 1. The maximum Gasteiger partial charge on any atom is 0.251 e. The van der Waals surface area contributed by atoms with Crippen LogP contribution in [-0.4, -0.2) is 17.0 Å². The number of fused-ring (bicyclic) bond motifs is 1. The maximum atomic E-state index is 12.6. The Morgan fingerprint density at radius 1 is 1.14 bits per heavy atom. The third-order valence-electron chi connectivity index (χ3n) is 6.14. The number of carbonyl (C=O) groups excluding carboxylic acids is 1. The molecule has 1 amide bonds. The zero-order valence-electron chi connectivity index (χ0n) is 17.6. The number of nitrogens with zero attached hydrogens (tertiary/aromatic N) is 1. The molecule has 1 aliphatic rings. The van der Waals surface area contributed by atoms with Gasteiger partial charge in [-0.15, -0.1) is 0 Å². The molecule has 29 heavy (non-hydrogen) atoms. The van der Waals surface area contributed by atoms with Crippen molar-refractivity contribution >= 4 is 5.91 Å². The Morgan fingerprint density at radius 2 is 1.86 bits per heavy atom. The molecule has 0 spiro atoms. The van der Waals surface area contributed by atoms with Crippen molar-refractivity contribution in [3.8, 4) is 5.69 Å². The molecule has 0 saturated carbocycles. The van der Waals surface area contributed by atoms with Gasteiger partial charge >= 0.3 is 0 Å². The monoisotopic (exact) mass is 386 g/mol. The van der Waals surface area contributed by atoms with Gasteiger partial charge in [0.2, 0.25) is 0 Å². The van der Waals surface area contributed by atoms with E-state index in [1.165, 1.54) is 35.4 Å². The predicted octanol–water partition coefficient (Wildman–Crippen LogP) is 5.44. The lowest BCUT2D eigenvalue weighted by Crippen LogP contribution is -2.27. The second-order valence-electron chi connectivity index (χ2n) is 8.51. The van der Waals surface area contributed by atoms with E-state index in [9.17, 15) is 4.79 Å². The van der Waals surface area contributed by atoms with Gasteiger partial charge in [0.15, 0.2) is 0 Å². The van der Waals surface area contributed by atoms with Crippen LogP contribution in [0.15, 0.2) is 60.7 Å². The summed E-state index contributed by atoms with van der Waals surface area (Å²) in [6.07, 6.45) is 3.55. The standard InChI is InChI=1S/C26H30N2O/c1-18-9-14-25-23(15-18)16-20(3)28(25)24-12-10-22(11-13-24)26(29)27-17-19(2)21-7-5-4-6-8-21/h4-8,10-13,16,18-19H,9,14-15,17H2,1-3H3,(H,27,29)/t18-,19+/m1/s1. The van der Waals surface area contributed by atoms with Crippen molar-refractivity contribution in [1.29, 1.82) is 0 Å².